The average molecular weight is 292 g/mol. The number of piperidine rings is 1. The van der Waals surface area contributed by atoms with Gasteiger partial charge in [0.05, 0.1) is 12.0 Å². The fraction of sp³-hybridized carbons (Fsp3) is 0.900. The van der Waals surface area contributed by atoms with Crippen molar-refractivity contribution in [2.75, 3.05) is 20.1 Å². The van der Waals surface area contributed by atoms with E-state index in [-0.39, 0.29) is 12.8 Å². The number of hydrogen-bond acceptors (Lipinski definition) is 2. The number of hydrogen-bond donors (Lipinski definition) is 1. The number of amides is 1. The third-order valence-corrected chi connectivity index (χ3v) is 2.97. The summed E-state index contributed by atoms with van der Waals surface area (Å²) in [6.07, 6.45) is -9.25. The molecule has 0 aliphatic carbocycles. The molecule has 1 saturated heterocycles. The monoisotopic (exact) mass is 292 g/mol. The van der Waals surface area contributed by atoms with Crippen molar-refractivity contribution in [3.63, 3.8) is 0 Å². The lowest BCUT2D eigenvalue weighted by Crippen LogP contribution is -2.52. The van der Waals surface area contributed by atoms with E-state index < -0.39 is 43.3 Å². The van der Waals surface area contributed by atoms with Crippen LogP contribution in [0.3, 0.4) is 0 Å². The van der Waals surface area contributed by atoms with Crippen LogP contribution in [-0.4, -0.2) is 49.3 Å². The van der Waals surface area contributed by atoms with Gasteiger partial charge in [-0.3, -0.25) is 4.79 Å². The lowest BCUT2D eigenvalue weighted by molar-refractivity contribution is -0.181. The Bertz CT molecular complexity index is 319. The molecule has 112 valence electrons. The number of alkyl halides is 6. The summed E-state index contributed by atoms with van der Waals surface area (Å²) < 4.78 is 73.4. The smallest absolute Gasteiger partial charge is 0.335 e. The van der Waals surface area contributed by atoms with Gasteiger partial charge in [0.15, 0.2) is 0 Å². The van der Waals surface area contributed by atoms with E-state index in [9.17, 15) is 31.1 Å². The maximum absolute atomic E-state index is 12.4. The highest BCUT2D eigenvalue weighted by atomic mass is 19.4. The summed E-state index contributed by atoms with van der Waals surface area (Å²) in [6.45, 7) is -1.85. The fourth-order valence-corrected chi connectivity index (χ4v) is 1.96. The summed E-state index contributed by atoms with van der Waals surface area (Å²) in [6, 6.07) is -0.981. The number of likely N-dealkylation sites (N-methyl/N-ethyl adjacent to an activating group) is 1. The Hall–Kier alpha value is -0.990. The van der Waals surface area contributed by atoms with Gasteiger partial charge in [-0.15, -0.1) is 0 Å². The SMILES string of the molecule is CN(CC(F)(F)F)C(=O)C1CCC(C(F)(F)F)CN1. The molecule has 2 unspecified atom stereocenters. The summed E-state index contributed by atoms with van der Waals surface area (Å²) >= 11 is 0. The predicted molar refractivity (Wildman–Crippen MR) is 54.3 cm³/mol. The molecule has 0 aromatic rings. The molecule has 1 aliphatic rings. The minimum Gasteiger partial charge on any atom is -0.335 e. The number of rotatable bonds is 2. The van der Waals surface area contributed by atoms with Gasteiger partial charge < -0.3 is 10.2 Å². The number of nitrogens with one attached hydrogen (secondary N) is 1. The van der Waals surface area contributed by atoms with Crippen molar-refractivity contribution in [2.45, 2.75) is 31.2 Å². The Morgan fingerprint density at radius 2 is 1.79 bits per heavy atom. The predicted octanol–water partition coefficient (Wildman–Crippen LogP) is 1.94. The molecule has 1 amide bonds. The van der Waals surface area contributed by atoms with E-state index in [1.165, 1.54) is 0 Å². The molecule has 0 radical (unpaired) electrons. The Morgan fingerprint density at radius 3 is 2.16 bits per heavy atom. The van der Waals surface area contributed by atoms with E-state index in [1.807, 2.05) is 0 Å². The van der Waals surface area contributed by atoms with Gasteiger partial charge in [0.25, 0.3) is 0 Å². The quantitative estimate of drug-likeness (QED) is 0.789. The molecule has 9 heteroatoms. The summed E-state index contributed by atoms with van der Waals surface area (Å²) in [5.41, 5.74) is 0. The molecule has 3 nitrogen and oxygen atoms in total. The molecule has 1 fully saturated rings. The van der Waals surface area contributed by atoms with Crippen molar-refractivity contribution in [3.8, 4) is 0 Å². The molecule has 0 aromatic carbocycles. The Kier molecular flexibility index (Phi) is 4.70. The average Bonchev–Trinajstić information content (AvgIpc) is 2.24. The van der Waals surface area contributed by atoms with E-state index in [2.05, 4.69) is 5.32 Å². The molecule has 0 aromatic heterocycles. The van der Waals surface area contributed by atoms with Gasteiger partial charge in [0.1, 0.15) is 6.54 Å². The first-order valence-electron chi connectivity index (χ1n) is 5.62. The van der Waals surface area contributed by atoms with Crippen LogP contribution in [0.5, 0.6) is 0 Å². The van der Waals surface area contributed by atoms with Gasteiger partial charge in [-0.1, -0.05) is 0 Å². The van der Waals surface area contributed by atoms with Gasteiger partial charge in [-0.25, -0.2) is 0 Å². The molecule has 1 N–H and O–H groups in total. The summed E-state index contributed by atoms with van der Waals surface area (Å²) in [4.78, 5) is 12.1. The third-order valence-electron chi connectivity index (χ3n) is 2.97. The van der Waals surface area contributed by atoms with Gasteiger partial charge in [0.2, 0.25) is 5.91 Å². The van der Waals surface area contributed by atoms with Gasteiger partial charge in [0, 0.05) is 13.6 Å². The van der Waals surface area contributed by atoms with Crippen molar-refractivity contribution in [3.05, 3.63) is 0 Å². The lowest BCUT2D eigenvalue weighted by atomic mass is 9.93. The lowest BCUT2D eigenvalue weighted by Gasteiger charge is -2.32. The molecule has 2 atom stereocenters. The van der Waals surface area contributed by atoms with E-state index in [1.54, 1.807) is 0 Å². The molecule has 1 aliphatic heterocycles. The van der Waals surface area contributed by atoms with Gasteiger partial charge in [-0.05, 0) is 12.8 Å². The first-order chi connectivity index (χ1) is 8.50. The zero-order valence-corrected chi connectivity index (χ0v) is 10.1. The molecule has 0 bridgehead atoms. The van der Waals surface area contributed by atoms with Crippen molar-refractivity contribution in [2.24, 2.45) is 5.92 Å². The first-order valence-corrected chi connectivity index (χ1v) is 5.62. The summed E-state index contributed by atoms with van der Waals surface area (Å²) in [7, 11) is 0.980. The largest absolute Gasteiger partial charge is 0.406 e. The Labute approximate surface area is 105 Å². The Morgan fingerprint density at radius 1 is 1.21 bits per heavy atom. The first kappa shape index (κ1) is 16.1. The normalized spacial score (nSPS) is 25.2. The minimum atomic E-state index is -4.52. The van der Waals surface area contributed by atoms with E-state index in [0.717, 1.165) is 7.05 Å². The van der Waals surface area contributed by atoms with Crippen LogP contribution >= 0.6 is 0 Å². The highest BCUT2D eigenvalue weighted by Gasteiger charge is 2.43. The van der Waals surface area contributed by atoms with Crippen molar-refractivity contribution < 1.29 is 31.1 Å². The van der Waals surface area contributed by atoms with E-state index >= 15 is 0 Å². The zero-order valence-electron chi connectivity index (χ0n) is 10.1. The third kappa shape index (κ3) is 4.88. The standard InChI is InChI=1S/C10H14F6N2O/c1-18(5-9(11,12)13)8(19)7-3-2-6(4-17-7)10(14,15)16/h6-7,17H,2-5H2,1H3. The number of nitrogens with zero attached hydrogens (tertiary/aromatic N) is 1. The molecule has 0 spiro atoms. The Balaban J connectivity index is 2.49. The van der Waals surface area contributed by atoms with Crippen molar-refractivity contribution in [1.82, 2.24) is 10.2 Å². The van der Waals surface area contributed by atoms with Crippen LogP contribution in [0, 0.1) is 5.92 Å². The zero-order chi connectivity index (χ0) is 14.8. The summed E-state index contributed by atoms with van der Waals surface area (Å²) in [5, 5.41) is 2.36. The van der Waals surface area contributed by atoms with Gasteiger partial charge >= 0.3 is 12.4 Å². The van der Waals surface area contributed by atoms with Crippen LogP contribution < -0.4 is 5.32 Å². The summed E-state index contributed by atoms with van der Waals surface area (Å²) in [5.74, 6) is -2.39. The van der Waals surface area contributed by atoms with Crippen molar-refractivity contribution >= 4 is 5.91 Å². The van der Waals surface area contributed by atoms with E-state index in [0.29, 0.717) is 4.90 Å². The molecular formula is C10H14F6N2O. The van der Waals surface area contributed by atoms with Crippen LogP contribution in [-0.2, 0) is 4.79 Å². The van der Waals surface area contributed by atoms with Crippen LogP contribution in [0.1, 0.15) is 12.8 Å². The van der Waals surface area contributed by atoms with Gasteiger partial charge in [-0.2, -0.15) is 26.3 Å². The molecule has 0 saturated carbocycles. The number of carbonyl (C=O) groups excluding carboxylic acids is 1. The fourth-order valence-electron chi connectivity index (χ4n) is 1.96. The second-order valence-electron chi connectivity index (χ2n) is 4.59. The number of carbonyl (C=O) groups is 1. The van der Waals surface area contributed by atoms with E-state index in [4.69, 9.17) is 0 Å². The topological polar surface area (TPSA) is 32.3 Å². The van der Waals surface area contributed by atoms with Crippen LogP contribution in [0.2, 0.25) is 0 Å². The molecule has 19 heavy (non-hydrogen) atoms. The maximum Gasteiger partial charge on any atom is 0.406 e. The van der Waals surface area contributed by atoms with Crippen LogP contribution in [0.15, 0.2) is 0 Å². The molecule has 1 rings (SSSR count). The minimum absolute atomic E-state index is 0.120. The second-order valence-corrected chi connectivity index (χ2v) is 4.59. The second kappa shape index (κ2) is 5.56. The van der Waals surface area contributed by atoms with Crippen LogP contribution in [0.25, 0.3) is 0 Å². The van der Waals surface area contributed by atoms with Crippen LogP contribution in [0.4, 0.5) is 26.3 Å². The number of halogens is 6. The van der Waals surface area contributed by atoms with Crippen molar-refractivity contribution in [1.29, 1.82) is 0 Å². The highest BCUT2D eigenvalue weighted by molar-refractivity contribution is 5.81. The maximum atomic E-state index is 12.4. The highest BCUT2D eigenvalue weighted by Crippen LogP contribution is 2.32. The molecule has 1 heterocycles. The molecular weight excluding hydrogens is 278 g/mol.